The lowest BCUT2D eigenvalue weighted by molar-refractivity contribution is -0.129. The Kier molecular flexibility index (Phi) is 6.25. The number of aryl methyl sites for hydroxylation is 1. The van der Waals surface area contributed by atoms with Gasteiger partial charge in [-0.05, 0) is 63.5 Å². The van der Waals surface area contributed by atoms with Crippen molar-refractivity contribution in [2.75, 3.05) is 20.1 Å². The van der Waals surface area contributed by atoms with Gasteiger partial charge < -0.3 is 15.0 Å². The van der Waals surface area contributed by atoms with Crippen molar-refractivity contribution in [3.63, 3.8) is 0 Å². The Morgan fingerprint density at radius 1 is 1.27 bits per heavy atom. The summed E-state index contributed by atoms with van der Waals surface area (Å²) in [6.07, 6.45) is 3.31. The molecule has 1 saturated heterocycles. The van der Waals surface area contributed by atoms with Gasteiger partial charge in [0.1, 0.15) is 5.75 Å². The molecule has 2 rings (SSSR count). The number of likely N-dealkylation sites (tertiary alicyclic amines) is 1. The summed E-state index contributed by atoms with van der Waals surface area (Å²) in [5.74, 6) is 0.777. The highest BCUT2D eigenvalue weighted by Crippen LogP contribution is 2.16. The van der Waals surface area contributed by atoms with Crippen molar-refractivity contribution in [3.05, 3.63) is 29.8 Å². The van der Waals surface area contributed by atoms with Crippen LogP contribution < -0.4 is 10.1 Å². The standard InChI is InChI=1S/C18H28N2O2/c1-4-14-6-8-16(9-7-14)22-17(5-2)18(21)19-15-10-12-20(3)13-11-15/h6-9,15,17H,4-5,10-13H2,1-3H3,(H,19,21)/t17-/m1/s1. The van der Waals surface area contributed by atoms with Crippen LogP contribution in [-0.2, 0) is 11.2 Å². The van der Waals surface area contributed by atoms with Crippen LogP contribution in [0, 0.1) is 0 Å². The Morgan fingerprint density at radius 2 is 1.91 bits per heavy atom. The smallest absolute Gasteiger partial charge is 0.261 e. The summed E-state index contributed by atoms with van der Waals surface area (Å²) in [5.41, 5.74) is 1.27. The lowest BCUT2D eigenvalue weighted by Gasteiger charge is -2.30. The molecule has 0 spiro atoms. The van der Waals surface area contributed by atoms with Crippen LogP contribution in [0.1, 0.15) is 38.7 Å². The van der Waals surface area contributed by atoms with Gasteiger partial charge in [0.2, 0.25) is 0 Å². The van der Waals surface area contributed by atoms with E-state index in [1.54, 1.807) is 0 Å². The summed E-state index contributed by atoms with van der Waals surface area (Å²) in [6, 6.07) is 8.28. The summed E-state index contributed by atoms with van der Waals surface area (Å²) in [6.45, 7) is 6.20. The second-order valence-electron chi connectivity index (χ2n) is 6.10. The van der Waals surface area contributed by atoms with E-state index in [2.05, 4.69) is 36.3 Å². The Balaban J connectivity index is 1.88. The molecule has 1 heterocycles. The highest BCUT2D eigenvalue weighted by Gasteiger charge is 2.23. The lowest BCUT2D eigenvalue weighted by Crippen LogP contribution is -2.47. The van der Waals surface area contributed by atoms with E-state index in [4.69, 9.17) is 4.74 Å². The predicted molar refractivity (Wildman–Crippen MR) is 89.2 cm³/mol. The van der Waals surface area contributed by atoms with Gasteiger partial charge in [-0.1, -0.05) is 26.0 Å². The zero-order chi connectivity index (χ0) is 15.9. The number of hydrogen-bond acceptors (Lipinski definition) is 3. The maximum atomic E-state index is 12.4. The third-order valence-corrected chi connectivity index (χ3v) is 4.34. The summed E-state index contributed by atoms with van der Waals surface area (Å²) in [7, 11) is 2.12. The number of rotatable bonds is 6. The second kappa shape index (κ2) is 8.18. The van der Waals surface area contributed by atoms with E-state index in [-0.39, 0.29) is 11.9 Å². The summed E-state index contributed by atoms with van der Waals surface area (Å²) >= 11 is 0. The largest absolute Gasteiger partial charge is 0.481 e. The highest BCUT2D eigenvalue weighted by molar-refractivity contribution is 5.81. The fourth-order valence-electron chi connectivity index (χ4n) is 2.74. The first-order chi connectivity index (χ1) is 10.6. The molecule has 0 radical (unpaired) electrons. The lowest BCUT2D eigenvalue weighted by atomic mass is 10.1. The third-order valence-electron chi connectivity index (χ3n) is 4.34. The molecular weight excluding hydrogens is 276 g/mol. The molecule has 4 nitrogen and oxygen atoms in total. The van der Waals surface area contributed by atoms with Crippen molar-refractivity contribution in [2.45, 2.75) is 51.7 Å². The molecule has 0 aliphatic carbocycles. The molecule has 0 saturated carbocycles. The number of nitrogens with one attached hydrogen (secondary N) is 1. The van der Waals surface area contributed by atoms with E-state index in [1.165, 1.54) is 5.56 Å². The van der Waals surface area contributed by atoms with Crippen LogP contribution in [0.4, 0.5) is 0 Å². The van der Waals surface area contributed by atoms with Gasteiger partial charge in [0, 0.05) is 6.04 Å². The highest BCUT2D eigenvalue weighted by atomic mass is 16.5. The van der Waals surface area contributed by atoms with Crippen molar-refractivity contribution in [1.82, 2.24) is 10.2 Å². The molecule has 4 heteroatoms. The minimum atomic E-state index is -0.410. The molecule has 1 aromatic carbocycles. The summed E-state index contributed by atoms with van der Waals surface area (Å²) < 4.78 is 5.87. The van der Waals surface area contributed by atoms with Crippen molar-refractivity contribution >= 4 is 5.91 Å². The van der Waals surface area contributed by atoms with Crippen molar-refractivity contribution in [2.24, 2.45) is 0 Å². The molecule has 1 amide bonds. The van der Waals surface area contributed by atoms with E-state index in [0.717, 1.165) is 38.1 Å². The van der Waals surface area contributed by atoms with Crippen LogP contribution in [0.25, 0.3) is 0 Å². The van der Waals surface area contributed by atoms with Crippen molar-refractivity contribution in [3.8, 4) is 5.75 Å². The molecule has 1 N–H and O–H groups in total. The Labute approximate surface area is 133 Å². The maximum absolute atomic E-state index is 12.4. The molecule has 1 aromatic rings. The van der Waals surface area contributed by atoms with Crippen LogP contribution in [0.3, 0.4) is 0 Å². The van der Waals surface area contributed by atoms with Crippen LogP contribution in [0.15, 0.2) is 24.3 Å². The van der Waals surface area contributed by atoms with Gasteiger partial charge in [0.25, 0.3) is 5.91 Å². The number of piperidine rings is 1. The van der Waals surface area contributed by atoms with Gasteiger partial charge in [0.15, 0.2) is 6.10 Å². The van der Waals surface area contributed by atoms with Gasteiger partial charge in [-0.25, -0.2) is 0 Å². The van der Waals surface area contributed by atoms with Crippen molar-refractivity contribution < 1.29 is 9.53 Å². The minimum absolute atomic E-state index is 0.0108. The van der Waals surface area contributed by atoms with Gasteiger partial charge in [0.05, 0.1) is 0 Å². The van der Waals surface area contributed by atoms with E-state index < -0.39 is 6.10 Å². The minimum Gasteiger partial charge on any atom is -0.481 e. The molecule has 0 unspecified atom stereocenters. The van der Waals surface area contributed by atoms with E-state index >= 15 is 0 Å². The molecule has 22 heavy (non-hydrogen) atoms. The zero-order valence-corrected chi connectivity index (χ0v) is 14.0. The molecular formula is C18H28N2O2. The average molecular weight is 304 g/mol. The number of carbonyl (C=O) groups excluding carboxylic acids is 1. The zero-order valence-electron chi connectivity index (χ0n) is 14.0. The van der Waals surface area contributed by atoms with Crippen LogP contribution >= 0.6 is 0 Å². The number of nitrogens with zero attached hydrogens (tertiary/aromatic N) is 1. The number of ether oxygens (including phenoxy) is 1. The number of benzene rings is 1. The summed E-state index contributed by atoms with van der Waals surface area (Å²) in [4.78, 5) is 14.7. The predicted octanol–water partition coefficient (Wildman–Crippen LogP) is 2.62. The van der Waals surface area contributed by atoms with Gasteiger partial charge in [-0.3, -0.25) is 4.79 Å². The fourth-order valence-corrected chi connectivity index (χ4v) is 2.74. The van der Waals surface area contributed by atoms with Gasteiger partial charge in [-0.2, -0.15) is 0 Å². The number of carbonyl (C=O) groups is 1. The molecule has 1 fully saturated rings. The Bertz CT molecular complexity index is 464. The monoisotopic (exact) mass is 304 g/mol. The first kappa shape index (κ1) is 16.8. The number of amides is 1. The topological polar surface area (TPSA) is 41.6 Å². The SMILES string of the molecule is CCc1ccc(O[C@H](CC)C(=O)NC2CCN(C)CC2)cc1. The molecule has 0 aromatic heterocycles. The summed E-state index contributed by atoms with van der Waals surface area (Å²) in [5, 5.41) is 3.14. The maximum Gasteiger partial charge on any atom is 0.261 e. The fraction of sp³-hybridized carbons (Fsp3) is 0.611. The van der Waals surface area contributed by atoms with E-state index in [9.17, 15) is 4.79 Å². The third kappa shape index (κ3) is 4.73. The van der Waals surface area contributed by atoms with Crippen LogP contribution in [0.2, 0.25) is 0 Å². The van der Waals surface area contributed by atoms with Crippen molar-refractivity contribution in [1.29, 1.82) is 0 Å². The van der Waals surface area contributed by atoms with Gasteiger partial charge in [-0.15, -0.1) is 0 Å². The molecule has 1 atom stereocenters. The number of hydrogen-bond donors (Lipinski definition) is 1. The van der Waals surface area contributed by atoms with Crippen LogP contribution in [-0.4, -0.2) is 43.1 Å². The molecule has 122 valence electrons. The molecule has 1 aliphatic rings. The molecule has 1 aliphatic heterocycles. The second-order valence-corrected chi connectivity index (χ2v) is 6.10. The normalized spacial score (nSPS) is 18.0. The van der Waals surface area contributed by atoms with E-state index in [0.29, 0.717) is 6.42 Å². The van der Waals surface area contributed by atoms with Gasteiger partial charge >= 0.3 is 0 Å². The van der Waals surface area contributed by atoms with Crippen LogP contribution in [0.5, 0.6) is 5.75 Å². The average Bonchev–Trinajstić information content (AvgIpc) is 2.55. The first-order valence-corrected chi connectivity index (χ1v) is 8.36. The Morgan fingerprint density at radius 3 is 2.45 bits per heavy atom. The quantitative estimate of drug-likeness (QED) is 0.878. The molecule has 0 bridgehead atoms. The van der Waals surface area contributed by atoms with E-state index in [1.807, 2.05) is 19.1 Å². The first-order valence-electron chi connectivity index (χ1n) is 8.36. The Hall–Kier alpha value is -1.55.